The van der Waals surface area contributed by atoms with E-state index in [0.29, 0.717) is 5.02 Å². The molecule has 0 amide bonds. The van der Waals surface area contributed by atoms with Crippen molar-refractivity contribution >= 4 is 11.6 Å². The van der Waals surface area contributed by atoms with Crippen LogP contribution in [-0.4, -0.2) is 4.98 Å². The van der Waals surface area contributed by atoms with Crippen molar-refractivity contribution in [1.29, 1.82) is 0 Å². The van der Waals surface area contributed by atoms with Crippen LogP contribution in [0.1, 0.15) is 11.3 Å². The Hall–Kier alpha value is -1.54. The zero-order valence-corrected chi connectivity index (χ0v) is 9.37. The van der Waals surface area contributed by atoms with E-state index >= 15 is 0 Å². The molecule has 1 aromatic carbocycles. The molecule has 0 saturated heterocycles. The van der Waals surface area contributed by atoms with Crippen molar-refractivity contribution in [2.45, 2.75) is 12.8 Å². The molecule has 0 bridgehead atoms. The average Bonchev–Trinajstić information content (AvgIpc) is 2.47. The van der Waals surface area contributed by atoms with Crippen LogP contribution in [0.15, 0.2) is 36.5 Å². The van der Waals surface area contributed by atoms with Gasteiger partial charge in [0.05, 0.1) is 5.69 Å². The standard InChI is InChI=1S/C13H10ClNO/c14-10-5-3-9-4-6-11-12(2-1-7-15-11)16-13(9)8-10/h1-3,5,7-8H,4,6H2. The Balaban J connectivity index is 2.10. The number of benzene rings is 1. The van der Waals surface area contributed by atoms with Crippen LogP contribution in [0.5, 0.6) is 11.5 Å². The molecule has 2 heterocycles. The van der Waals surface area contributed by atoms with E-state index in [0.717, 1.165) is 30.0 Å². The van der Waals surface area contributed by atoms with Gasteiger partial charge in [-0.1, -0.05) is 17.7 Å². The number of aromatic nitrogens is 1. The van der Waals surface area contributed by atoms with Gasteiger partial charge in [0.1, 0.15) is 11.5 Å². The number of rotatable bonds is 0. The molecule has 0 radical (unpaired) electrons. The maximum atomic E-state index is 5.96. The first-order valence-corrected chi connectivity index (χ1v) is 5.61. The predicted octanol–water partition coefficient (Wildman–Crippen LogP) is 3.63. The van der Waals surface area contributed by atoms with Crippen molar-refractivity contribution in [2.75, 3.05) is 0 Å². The van der Waals surface area contributed by atoms with Gasteiger partial charge in [-0.05, 0) is 42.7 Å². The summed E-state index contributed by atoms with van der Waals surface area (Å²) >= 11 is 5.96. The Labute approximate surface area is 98.8 Å². The lowest BCUT2D eigenvalue weighted by Crippen LogP contribution is -1.91. The molecule has 16 heavy (non-hydrogen) atoms. The molecule has 3 rings (SSSR count). The van der Waals surface area contributed by atoms with E-state index in [9.17, 15) is 0 Å². The van der Waals surface area contributed by atoms with Gasteiger partial charge in [0, 0.05) is 11.2 Å². The predicted molar refractivity (Wildman–Crippen MR) is 63.2 cm³/mol. The molecule has 0 N–H and O–H groups in total. The van der Waals surface area contributed by atoms with E-state index in [1.54, 1.807) is 6.20 Å². The Morgan fingerprint density at radius 3 is 3.00 bits per heavy atom. The summed E-state index contributed by atoms with van der Waals surface area (Å²) in [6.07, 6.45) is 3.65. The lowest BCUT2D eigenvalue weighted by molar-refractivity contribution is 0.476. The van der Waals surface area contributed by atoms with Gasteiger partial charge in [-0.25, -0.2) is 0 Å². The summed E-state index contributed by atoms with van der Waals surface area (Å²) in [5.74, 6) is 1.68. The van der Waals surface area contributed by atoms with Crippen molar-refractivity contribution in [3.8, 4) is 11.5 Å². The van der Waals surface area contributed by atoms with E-state index in [4.69, 9.17) is 16.3 Å². The third-order valence-corrected chi connectivity index (χ3v) is 2.96. The molecular formula is C13H10ClNO. The van der Waals surface area contributed by atoms with Crippen LogP contribution in [0.4, 0.5) is 0 Å². The minimum atomic E-state index is 0.700. The monoisotopic (exact) mass is 231 g/mol. The number of halogens is 1. The van der Waals surface area contributed by atoms with Gasteiger partial charge in [0.2, 0.25) is 0 Å². The summed E-state index contributed by atoms with van der Waals surface area (Å²) in [5.41, 5.74) is 2.19. The maximum absolute atomic E-state index is 5.96. The third-order valence-electron chi connectivity index (χ3n) is 2.73. The van der Waals surface area contributed by atoms with Crippen LogP contribution in [0.3, 0.4) is 0 Å². The van der Waals surface area contributed by atoms with Gasteiger partial charge in [-0.2, -0.15) is 0 Å². The average molecular weight is 232 g/mol. The van der Waals surface area contributed by atoms with Crippen LogP contribution in [0.25, 0.3) is 0 Å². The highest BCUT2D eigenvalue weighted by Crippen LogP contribution is 2.33. The molecule has 1 aromatic heterocycles. The van der Waals surface area contributed by atoms with Crippen molar-refractivity contribution in [1.82, 2.24) is 4.98 Å². The second kappa shape index (κ2) is 3.80. The zero-order chi connectivity index (χ0) is 11.0. The molecule has 0 spiro atoms. The molecule has 0 saturated carbocycles. The lowest BCUT2D eigenvalue weighted by atomic mass is 10.1. The number of hydrogen-bond donors (Lipinski definition) is 0. The first kappa shape index (κ1) is 9.67. The SMILES string of the molecule is Clc1ccc2c(c1)Oc1cccnc1CC2. The molecule has 1 aliphatic heterocycles. The van der Waals surface area contributed by atoms with Gasteiger partial charge in [-0.3, -0.25) is 4.98 Å². The quantitative estimate of drug-likeness (QED) is 0.691. The van der Waals surface area contributed by atoms with E-state index in [1.165, 1.54) is 5.56 Å². The number of pyridine rings is 1. The van der Waals surface area contributed by atoms with Crippen LogP contribution in [0, 0.1) is 0 Å². The number of aryl methyl sites for hydroxylation is 2. The molecule has 1 aliphatic rings. The zero-order valence-electron chi connectivity index (χ0n) is 8.61. The van der Waals surface area contributed by atoms with Crippen molar-refractivity contribution < 1.29 is 4.74 Å². The highest BCUT2D eigenvalue weighted by atomic mass is 35.5. The van der Waals surface area contributed by atoms with Crippen molar-refractivity contribution in [3.05, 3.63) is 52.8 Å². The molecule has 2 aromatic rings. The number of fused-ring (bicyclic) bond motifs is 2. The van der Waals surface area contributed by atoms with Gasteiger partial charge in [0.25, 0.3) is 0 Å². The number of nitrogens with zero attached hydrogens (tertiary/aromatic N) is 1. The van der Waals surface area contributed by atoms with Crippen LogP contribution in [0.2, 0.25) is 5.02 Å². The normalized spacial score (nSPS) is 13.3. The summed E-state index contributed by atoms with van der Waals surface area (Å²) < 4.78 is 5.84. The van der Waals surface area contributed by atoms with Crippen molar-refractivity contribution in [3.63, 3.8) is 0 Å². The summed E-state index contributed by atoms with van der Waals surface area (Å²) in [6.45, 7) is 0. The molecule has 0 aliphatic carbocycles. The molecule has 0 atom stereocenters. The topological polar surface area (TPSA) is 22.1 Å². The van der Waals surface area contributed by atoms with Crippen LogP contribution < -0.4 is 4.74 Å². The smallest absolute Gasteiger partial charge is 0.148 e. The molecule has 80 valence electrons. The number of ether oxygens (including phenoxy) is 1. The highest BCUT2D eigenvalue weighted by molar-refractivity contribution is 6.30. The molecular weight excluding hydrogens is 222 g/mol. The van der Waals surface area contributed by atoms with E-state index in [2.05, 4.69) is 4.98 Å². The maximum Gasteiger partial charge on any atom is 0.148 e. The lowest BCUT2D eigenvalue weighted by Gasteiger charge is -2.07. The van der Waals surface area contributed by atoms with Crippen molar-refractivity contribution in [2.24, 2.45) is 0 Å². The van der Waals surface area contributed by atoms with Gasteiger partial charge >= 0.3 is 0 Å². The fourth-order valence-corrected chi connectivity index (χ4v) is 2.07. The first-order chi connectivity index (χ1) is 7.83. The second-order valence-electron chi connectivity index (χ2n) is 3.80. The third kappa shape index (κ3) is 1.65. The fourth-order valence-electron chi connectivity index (χ4n) is 1.91. The Kier molecular flexibility index (Phi) is 2.29. The van der Waals surface area contributed by atoms with E-state index in [-0.39, 0.29) is 0 Å². The Bertz CT molecular complexity index is 539. The number of hydrogen-bond acceptors (Lipinski definition) is 2. The highest BCUT2D eigenvalue weighted by Gasteiger charge is 2.15. The van der Waals surface area contributed by atoms with Gasteiger partial charge in [0.15, 0.2) is 0 Å². The summed E-state index contributed by atoms with van der Waals surface area (Å²) in [6, 6.07) is 9.60. The van der Waals surface area contributed by atoms with Gasteiger partial charge in [-0.15, -0.1) is 0 Å². The Morgan fingerprint density at radius 1 is 1.12 bits per heavy atom. The largest absolute Gasteiger partial charge is 0.455 e. The van der Waals surface area contributed by atoms with Crippen LogP contribution in [-0.2, 0) is 12.8 Å². The minimum Gasteiger partial charge on any atom is -0.455 e. The summed E-state index contributed by atoms with van der Waals surface area (Å²) in [5, 5.41) is 0.700. The molecule has 3 heteroatoms. The summed E-state index contributed by atoms with van der Waals surface area (Å²) in [4.78, 5) is 4.33. The van der Waals surface area contributed by atoms with Crippen LogP contribution >= 0.6 is 11.6 Å². The first-order valence-electron chi connectivity index (χ1n) is 5.23. The second-order valence-corrected chi connectivity index (χ2v) is 4.24. The molecule has 0 fully saturated rings. The summed E-state index contributed by atoms with van der Waals surface area (Å²) in [7, 11) is 0. The minimum absolute atomic E-state index is 0.700. The van der Waals surface area contributed by atoms with Gasteiger partial charge < -0.3 is 4.74 Å². The molecule has 2 nitrogen and oxygen atoms in total. The molecule has 0 unspecified atom stereocenters. The van der Waals surface area contributed by atoms with E-state index in [1.807, 2.05) is 30.3 Å². The van der Waals surface area contributed by atoms with E-state index < -0.39 is 0 Å². The Morgan fingerprint density at radius 2 is 2.06 bits per heavy atom. The fraction of sp³-hybridized carbons (Fsp3) is 0.154.